The van der Waals surface area contributed by atoms with Crippen LogP contribution in [-0.2, 0) is 0 Å². The van der Waals surface area contributed by atoms with E-state index in [0.29, 0.717) is 16.9 Å². The van der Waals surface area contributed by atoms with Gasteiger partial charge in [0, 0.05) is 17.9 Å². The van der Waals surface area contributed by atoms with Crippen molar-refractivity contribution in [2.75, 3.05) is 5.73 Å². The minimum atomic E-state index is -0.358. The summed E-state index contributed by atoms with van der Waals surface area (Å²) in [5.41, 5.74) is 7.43. The quantitative estimate of drug-likeness (QED) is 0.726. The SMILES string of the molecule is CC(=O)c1nc(N)c2ccccc2c1-c1cccc(F)c1. The van der Waals surface area contributed by atoms with E-state index in [1.165, 1.54) is 19.1 Å². The van der Waals surface area contributed by atoms with Gasteiger partial charge in [-0.1, -0.05) is 36.4 Å². The fourth-order valence-corrected chi connectivity index (χ4v) is 2.48. The normalized spacial score (nSPS) is 10.8. The summed E-state index contributed by atoms with van der Waals surface area (Å²) in [6.07, 6.45) is 0. The highest BCUT2D eigenvalue weighted by molar-refractivity contribution is 6.10. The lowest BCUT2D eigenvalue weighted by Gasteiger charge is -2.12. The molecular weight excluding hydrogens is 267 g/mol. The number of halogens is 1. The van der Waals surface area contributed by atoms with Crippen LogP contribution < -0.4 is 5.73 Å². The number of ketones is 1. The zero-order valence-corrected chi connectivity index (χ0v) is 11.4. The molecule has 3 rings (SSSR count). The third kappa shape index (κ3) is 2.25. The first-order chi connectivity index (χ1) is 10.1. The molecular formula is C17H13FN2O. The number of pyridine rings is 1. The summed E-state index contributed by atoms with van der Waals surface area (Å²) >= 11 is 0. The molecule has 0 aliphatic rings. The van der Waals surface area contributed by atoms with Gasteiger partial charge in [0.05, 0.1) is 0 Å². The average Bonchev–Trinajstić information content (AvgIpc) is 2.47. The Hall–Kier alpha value is -2.75. The van der Waals surface area contributed by atoms with Crippen molar-refractivity contribution in [3.63, 3.8) is 0 Å². The second-order valence-electron chi connectivity index (χ2n) is 4.83. The number of benzene rings is 2. The van der Waals surface area contributed by atoms with E-state index in [9.17, 15) is 9.18 Å². The lowest BCUT2D eigenvalue weighted by atomic mass is 9.95. The Morgan fingerprint density at radius 2 is 1.81 bits per heavy atom. The topological polar surface area (TPSA) is 56.0 Å². The van der Waals surface area contributed by atoms with Gasteiger partial charge in [0.15, 0.2) is 5.78 Å². The van der Waals surface area contributed by atoms with Gasteiger partial charge in [-0.2, -0.15) is 0 Å². The van der Waals surface area contributed by atoms with Gasteiger partial charge >= 0.3 is 0 Å². The molecule has 2 N–H and O–H groups in total. The summed E-state index contributed by atoms with van der Waals surface area (Å²) in [7, 11) is 0. The number of rotatable bonds is 2. The number of fused-ring (bicyclic) bond motifs is 1. The molecule has 0 atom stereocenters. The number of hydrogen-bond acceptors (Lipinski definition) is 3. The Kier molecular flexibility index (Phi) is 3.14. The first kappa shape index (κ1) is 13.2. The summed E-state index contributed by atoms with van der Waals surface area (Å²) in [5, 5.41) is 1.54. The molecule has 0 aliphatic heterocycles. The molecule has 0 radical (unpaired) electrons. The minimum absolute atomic E-state index is 0.202. The van der Waals surface area contributed by atoms with Crippen LogP contribution in [0.15, 0.2) is 48.5 Å². The lowest BCUT2D eigenvalue weighted by Crippen LogP contribution is -2.05. The molecule has 0 bridgehead atoms. The summed E-state index contributed by atoms with van der Waals surface area (Å²) in [6.45, 7) is 1.43. The monoisotopic (exact) mass is 280 g/mol. The fourth-order valence-electron chi connectivity index (χ4n) is 2.48. The Bertz CT molecular complexity index is 859. The van der Waals surface area contributed by atoms with E-state index in [-0.39, 0.29) is 17.3 Å². The van der Waals surface area contributed by atoms with Crippen molar-refractivity contribution < 1.29 is 9.18 Å². The van der Waals surface area contributed by atoms with E-state index in [1.54, 1.807) is 12.1 Å². The third-order valence-electron chi connectivity index (χ3n) is 3.39. The van der Waals surface area contributed by atoms with Crippen molar-refractivity contribution >= 4 is 22.4 Å². The van der Waals surface area contributed by atoms with E-state index >= 15 is 0 Å². The van der Waals surface area contributed by atoms with E-state index in [2.05, 4.69) is 4.98 Å². The number of carbonyl (C=O) groups excluding carboxylic acids is 1. The zero-order valence-electron chi connectivity index (χ0n) is 11.4. The summed E-state index contributed by atoms with van der Waals surface area (Å²) < 4.78 is 13.5. The molecule has 1 heterocycles. The molecule has 3 nitrogen and oxygen atoms in total. The van der Waals surface area contributed by atoms with E-state index in [0.717, 1.165) is 10.8 Å². The molecule has 21 heavy (non-hydrogen) atoms. The van der Waals surface area contributed by atoms with Crippen LogP contribution in [0.2, 0.25) is 0 Å². The maximum atomic E-state index is 13.5. The highest BCUT2D eigenvalue weighted by Crippen LogP contribution is 2.34. The molecule has 0 aliphatic carbocycles. The van der Waals surface area contributed by atoms with Crippen molar-refractivity contribution in [1.29, 1.82) is 0 Å². The largest absolute Gasteiger partial charge is 0.383 e. The molecule has 0 saturated carbocycles. The number of hydrogen-bond donors (Lipinski definition) is 1. The smallest absolute Gasteiger partial charge is 0.178 e. The Labute approximate surface area is 121 Å². The van der Waals surface area contributed by atoms with Gasteiger partial charge in [0.2, 0.25) is 0 Å². The summed E-state index contributed by atoms with van der Waals surface area (Å²) in [5.74, 6) is -0.259. The van der Waals surface area contributed by atoms with Gasteiger partial charge in [0.25, 0.3) is 0 Å². The van der Waals surface area contributed by atoms with Gasteiger partial charge in [-0.25, -0.2) is 9.37 Å². The highest BCUT2D eigenvalue weighted by atomic mass is 19.1. The standard InChI is InChI=1S/C17H13FN2O/c1-10(21)16-15(11-5-4-6-12(18)9-11)13-7-2-3-8-14(13)17(19)20-16/h2-9H,1H3,(H2,19,20). The van der Waals surface area contributed by atoms with E-state index in [1.807, 2.05) is 24.3 Å². The van der Waals surface area contributed by atoms with Gasteiger partial charge in [-0.05, 0) is 23.1 Å². The molecule has 1 aromatic heterocycles. The van der Waals surface area contributed by atoms with Crippen molar-refractivity contribution in [1.82, 2.24) is 4.98 Å². The zero-order chi connectivity index (χ0) is 15.0. The van der Waals surface area contributed by atoms with Crippen molar-refractivity contribution in [3.8, 4) is 11.1 Å². The Balaban J connectivity index is 2.46. The van der Waals surface area contributed by atoms with Gasteiger partial charge < -0.3 is 5.73 Å². The van der Waals surface area contributed by atoms with Crippen LogP contribution >= 0.6 is 0 Å². The van der Waals surface area contributed by atoms with Crippen LogP contribution in [0.25, 0.3) is 21.9 Å². The number of nitrogens with two attached hydrogens (primary N) is 1. The highest BCUT2D eigenvalue weighted by Gasteiger charge is 2.17. The average molecular weight is 280 g/mol. The lowest BCUT2D eigenvalue weighted by molar-refractivity contribution is 0.101. The minimum Gasteiger partial charge on any atom is -0.383 e. The molecule has 2 aromatic carbocycles. The Morgan fingerprint density at radius 1 is 1.10 bits per heavy atom. The summed E-state index contributed by atoms with van der Waals surface area (Å²) in [6, 6.07) is 13.5. The molecule has 3 aromatic rings. The van der Waals surface area contributed by atoms with Gasteiger partial charge in [0.1, 0.15) is 17.3 Å². The fraction of sp³-hybridized carbons (Fsp3) is 0.0588. The molecule has 0 unspecified atom stereocenters. The van der Waals surface area contributed by atoms with Crippen LogP contribution in [-0.4, -0.2) is 10.8 Å². The molecule has 0 fully saturated rings. The van der Waals surface area contributed by atoms with Gasteiger partial charge in [-0.15, -0.1) is 0 Å². The van der Waals surface area contributed by atoms with Crippen molar-refractivity contribution in [3.05, 3.63) is 60.0 Å². The Morgan fingerprint density at radius 3 is 2.48 bits per heavy atom. The van der Waals surface area contributed by atoms with E-state index < -0.39 is 0 Å². The van der Waals surface area contributed by atoms with Crippen molar-refractivity contribution in [2.24, 2.45) is 0 Å². The predicted molar refractivity (Wildman–Crippen MR) is 81.6 cm³/mol. The van der Waals surface area contributed by atoms with Crippen LogP contribution in [0.1, 0.15) is 17.4 Å². The third-order valence-corrected chi connectivity index (χ3v) is 3.39. The maximum absolute atomic E-state index is 13.5. The first-order valence-corrected chi connectivity index (χ1v) is 6.53. The molecule has 0 spiro atoms. The number of nitrogens with zero attached hydrogens (tertiary/aromatic N) is 1. The molecule has 0 amide bonds. The number of anilines is 1. The van der Waals surface area contributed by atoms with Crippen LogP contribution in [0.4, 0.5) is 10.2 Å². The summed E-state index contributed by atoms with van der Waals surface area (Å²) in [4.78, 5) is 16.1. The second kappa shape index (κ2) is 4.98. The first-order valence-electron chi connectivity index (χ1n) is 6.53. The molecule has 104 valence electrons. The number of nitrogen functional groups attached to an aromatic ring is 1. The van der Waals surface area contributed by atoms with Crippen LogP contribution in [0, 0.1) is 5.82 Å². The molecule has 4 heteroatoms. The van der Waals surface area contributed by atoms with Gasteiger partial charge in [-0.3, -0.25) is 4.79 Å². The van der Waals surface area contributed by atoms with E-state index in [4.69, 9.17) is 5.73 Å². The predicted octanol–water partition coefficient (Wildman–Crippen LogP) is 3.83. The van der Waals surface area contributed by atoms with Crippen LogP contribution in [0.3, 0.4) is 0 Å². The number of Topliss-reactive ketones (excluding diaryl/α,β-unsaturated/α-hetero) is 1. The number of aromatic nitrogens is 1. The maximum Gasteiger partial charge on any atom is 0.178 e. The molecule has 0 saturated heterocycles. The van der Waals surface area contributed by atoms with Crippen LogP contribution in [0.5, 0.6) is 0 Å². The second-order valence-corrected chi connectivity index (χ2v) is 4.83. The number of carbonyl (C=O) groups is 1. The van der Waals surface area contributed by atoms with Crippen molar-refractivity contribution in [2.45, 2.75) is 6.92 Å².